The van der Waals surface area contributed by atoms with Crippen LogP contribution in [0.2, 0.25) is 0 Å². The normalized spacial score (nSPS) is 25.0. The molecule has 0 saturated heterocycles. The average Bonchev–Trinajstić information content (AvgIpc) is 2.90. The predicted octanol–water partition coefficient (Wildman–Crippen LogP) is 1.73. The Hall–Kier alpha value is -4.66. The van der Waals surface area contributed by atoms with Crippen molar-refractivity contribution in [3.8, 4) is 17.6 Å². The van der Waals surface area contributed by atoms with Crippen LogP contribution in [-0.4, -0.2) is 82.6 Å². The quantitative estimate of drug-likeness (QED) is 0.271. The van der Waals surface area contributed by atoms with E-state index in [9.17, 15) is 39.2 Å². The number of Topliss-reactive ketones (excluding diaryl/α,β-unsaturated/α-hetero) is 2. The van der Waals surface area contributed by atoms with Gasteiger partial charge < -0.3 is 31.1 Å². The zero-order valence-electron chi connectivity index (χ0n) is 23.4. The van der Waals surface area contributed by atoms with Crippen molar-refractivity contribution in [1.29, 1.82) is 0 Å². The molecule has 1 amide bonds. The molecule has 2 aromatic rings. The van der Waals surface area contributed by atoms with E-state index in [1.165, 1.54) is 29.2 Å². The van der Waals surface area contributed by atoms with Crippen LogP contribution in [-0.2, 0) is 16.0 Å². The summed E-state index contributed by atoms with van der Waals surface area (Å²) in [6.07, 6.45) is 0.146. The van der Waals surface area contributed by atoms with Gasteiger partial charge in [-0.2, -0.15) is 0 Å². The number of benzene rings is 2. The lowest BCUT2D eigenvalue weighted by molar-refractivity contribution is -0.148. The number of allylic oxidation sites excluding steroid dienone is 1. The van der Waals surface area contributed by atoms with Crippen LogP contribution in [0.5, 0.6) is 5.75 Å². The van der Waals surface area contributed by atoms with Gasteiger partial charge in [-0.05, 0) is 68.8 Å². The number of anilines is 1. The molecule has 2 aromatic carbocycles. The number of fused-ring (bicyclic) bond motifs is 3. The average molecular weight is 576 g/mol. The van der Waals surface area contributed by atoms with Crippen molar-refractivity contribution in [3.63, 3.8) is 0 Å². The van der Waals surface area contributed by atoms with Crippen molar-refractivity contribution in [2.45, 2.75) is 24.5 Å². The zero-order valence-corrected chi connectivity index (χ0v) is 23.4. The largest absolute Gasteiger partial charge is 0.510 e. The fourth-order valence-corrected chi connectivity index (χ4v) is 6.47. The molecule has 6 N–H and O–H groups in total. The minimum Gasteiger partial charge on any atom is -0.510 e. The first kappa shape index (κ1) is 28.9. The molecule has 0 heterocycles. The van der Waals surface area contributed by atoms with Crippen LogP contribution in [0.25, 0.3) is 0 Å². The Kier molecular flexibility index (Phi) is 6.88. The molecule has 0 radical (unpaired) electrons. The van der Waals surface area contributed by atoms with Crippen LogP contribution < -0.4 is 10.6 Å². The van der Waals surface area contributed by atoms with E-state index in [1.807, 2.05) is 0 Å². The van der Waals surface area contributed by atoms with Crippen molar-refractivity contribution >= 4 is 23.2 Å². The molecule has 0 fully saturated rings. The number of halogens is 1. The fourth-order valence-electron chi connectivity index (χ4n) is 6.47. The van der Waals surface area contributed by atoms with Gasteiger partial charge in [0, 0.05) is 36.8 Å². The zero-order chi connectivity index (χ0) is 30.8. The first-order chi connectivity index (χ1) is 19.7. The van der Waals surface area contributed by atoms with Crippen molar-refractivity contribution in [2.75, 3.05) is 33.1 Å². The van der Waals surface area contributed by atoms with E-state index in [-0.39, 0.29) is 29.5 Å². The minimum atomic E-state index is -2.72. The number of aliphatic hydroxyl groups excluding tert-OH is 2. The van der Waals surface area contributed by atoms with E-state index in [4.69, 9.17) is 5.73 Å². The highest BCUT2D eigenvalue weighted by Crippen LogP contribution is 2.53. The number of primary amides is 1. The summed E-state index contributed by atoms with van der Waals surface area (Å²) in [7, 11) is 6.66. The van der Waals surface area contributed by atoms with Gasteiger partial charge in [-0.25, -0.2) is 4.39 Å². The Bertz CT molecular complexity index is 1680. The number of carbonyl (C=O) groups is 3. The van der Waals surface area contributed by atoms with Crippen LogP contribution >= 0.6 is 0 Å². The summed E-state index contributed by atoms with van der Waals surface area (Å²) in [6.45, 7) is 0. The van der Waals surface area contributed by atoms with E-state index < -0.39 is 69.6 Å². The lowest BCUT2D eigenvalue weighted by Crippen LogP contribution is -2.63. The number of carbonyl (C=O) groups excluding carboxylic acids is 3. The van der Waals surface area contributed by atoms with Crippen LogP contribution in [0, 0.1) is 29.5 Å². The number of phenolic OH excluding ortho intramolecular Hbond substituents is 1. The fraction of sp³-hybridized carbons (Fsp3) is 0.323. The topological polar surface area (TPSA) is 165 Å². The lowest BCUT2D eigenvalue weighted by atomic mass is 9.58. The number of ketones is 2. The van der Waals surface area contributed by atoms with Gasteiger partial charge in [-0.3, -0.25) is 19.3 Å². The molecule has 10 nitrogen and oxygen atoms in total. The number of rotatable bonds is 3. The molecule has 5 rings (SSSR count). The Labute approximate surface area is 241 Å². The van der Waals surface area contributed by atoms with Crippen LogP contribution in [0.4, 0.5) is 10.1 Å². The first-order valence-electron chi connectivity index (χ1n) is 13.2. The number of amides is 1. The Balaban J connectivity index is 1.70. The van der Waals surface area contributed by atoms with Crippen LogP contribution in [0.3, 0.4) is 0 Å². The molecule has 0 spiro atoms. The second kappa shape index (κ2) is 10.0. The second-order valence-electron chi connectivity index (χ2n) is 11.3. The molecule has 218 valence electrons. The SMILES string of the molecule is CN(C)c1cc(C#Cc2ccc(F)cc2)c(O)c2c1CC1CC3C(N(C)C)C(O)=C(C(N)=O)C(=O)C3(O)C(O)=C1C2=O. The summed E-state index contributed by atoms with van der Waals surface area (Å²) in [4.78, 5) is 42.9. The van der Waals surface area contributed by atoms with E-state index in [0.29, 0.717) is 16.8 Å². The highest BCUT2D eigenvalue weighted by molar-refractivity contribution is 6.25. The van der Waals surface area contributed by atoms with Gasteiger partial charge in [0.1, 0.15) is 28.7 Å². The monoisotopic (exact) mass is 575 g/mol. The first-order valence-corrected chi connectivity index (χ1v) is 13.2. The maximum Gasteiger partial charge on any atom is 0.255 e. The summed E-state index contributed by atoms with van der Waals surface area (Å²) >= 11 is 0. The smallest absolute Gasteiger partial charge is 0.255 e. The summed E-state index contributed by atoms with van der Waals surface area (Å²) < 4.78 is 13.3. The third-order valence-corrected chi connectivity index (χ3v) is 8.37. The molecule has 4 unspecified atom stereocenters. The molecule has 0 aliphatic heterocycles. The minimum absolute atomic E-state index is 0.00842. The molecular weight excluding hydrogens is 545 g/mol. The maximum atomic E-state index is 14.1. The van der Waals surface area contributed by atoms with Gasteiger partial charge in [0.25, 0.3) is 5.91 Å². The molecule has 0 bridgehead atoms. The number of hydrogen-bond acceptors (Lipinski definition) is 9. The summed E-state index contributed by atoms with van der Waals surface area (Å²) in [6, 6.07) is 5.99. The van der Waals surface area contributed by atoms with Gasteiger partial charge in [-0.1, -0.05) is 11.8 Å². The Morgan fingerprint density at radius 1 is 1.07 bits per heavy atom. The standard InChI is InChI=1S/C31H30FN3O7/c1-34(2)20-13-15(8-5-14-6-9-17(32)10-7-14)25(36)22-18(20)11-16-12-19-24(35(3)4)27(38)23(30(33)41)29(40)31(19,42)28(39)21(16)26(22)37/h6-7,9-10,13,16,19,24,36,38-39,42H,11-12H2,1-4H3,(H2,33,41). The highest BCUT2D eigenvalue weighted by Gasteiger charge is 2.63. The van der Waals surface area contributed by atoms with E-state index in [0.717, 1.165) is 0 Å². The maximum absolute atomic E-state index is 14.1. The molecule has 3 aliphatic rings. The molecule has 3 aliphatic carbocycles. The summed E-state index contributed by atoms with van der Waals surface area (Å²) in [5.74, 6) is -1.95. The van der Waals surface area contributed by atoms with E-state index in [1.54, 1.807) is 39.2 Å². The molecule has 11 heteroatoms. The van der Waals surface area contributed by atoms with Crippen LogP contribution in [0.15, 0.2) is 53.0 Å². The van der Waals surface area contributed by atoms with E-state index >= 15 is 0 Å². The number of aliphatic hydroxyl groups is 3. The van der Waals surface area contributed by atoms with Crippen molar-refractivity contribution in [3.05, 3.63) is 81.1 Å². The number of hydrogen-bond donors (Lipinski definition) is 5. The van der Waals surface area contributed by atoms with Gasteiger partial charge in [0.2, 0.25) is 5.78 Å². The van der Waals surface area contributed by atoms with Crippen molar-refractivity contribution < 1.29 is 39.2 Å². The number of nitrogens with zero attached hydrogens (tertiary/aromatic N) is 2. The van der Waals surface area contributed by atoms with Crippen molar-refractivity contribution in [1.82, 2.24) is 4.90 Å². The lowest BCUT2D eigenvalue weighted by Gasteiger charge is -2.50. The summed E-state index contributed by atoms with van der Waals surface area (Å²) in [5.41, 5.74) is 3.06. The summed E-state index contributed by atoms with van der Waals surface area (Å²) in [5, 5.41) is 45.4. The van der Waals surface area contributed by atoms with Gasteiger partial charge >= 0.3 is 0 Å². The van der Waals surface area contributed by atoms with Gasteiger partial charge in [-0.15, -0.1) is 0 Å². The van der Waals surface area contributed by atoms with Gasteiger partial charge in [0.05, 0.1) is 17.2 Å². The van der Waals surface area contributed by atoms with E-state index in [2.05, 4.69) is 11.8 Å². The highest BCUT2D eigenvalue weighted by atomic mass is 19.1. The molecule has 0 aromatic heterocycles. The molecule has 4 atom stereocenters. The third-order valence-electron chi connectivity index (χ3n) is 8.37. The molecule has 42 heavy (non-hydrogen) atoms. The number of aromatic hydroxyl groups is 1. The third kappa shape index (κ3) is 4.14. The number of phenols is 1. The predicted molar refractivity (Wildman–Crippen MR) is 150 cm³/mol. The Morgan fingerprint density at radius 2 is 1.71 bits per heavy atom. The number of likely N-dealkylation sites (N-methyl/N-ethyl adjacent to an activating group) is 1. The van der Waals surface area contributed by atoms with Crippen molar-refractivity contribution in [2.24, 2.45) is 17.6 Å². The Morgan fingerprint density at radius 3 is 2.29 bits per heavy atom. The van der Waals surface area contributed by atoms with Crippen LogP contribution in [0.1, 0.15) is 33.5 Å². The molecule has 0 saturated carbocycles. The van der Waals surface area contributed by atoms with Gasteiger partial charge in [0.15, 0.2) is 11.4 Å². The molecular formula is C31H30FN3O7. The number of nitrogens with two attached hydrogens (primary N) is 1. The second-order valence-corrected chi connectivity index (χ2v) is 11.3.